The van der Waals surface area contributed by atoms with Gasteiger partial charge >= 0.3 is 12.5 Å². The van der Waals surface area contributed by atoms with E-state index in [-0.39, 0.29) is 23.5 Å². The standard InChI is InChI=1S/C26H29F3N6O6/c1-25(2,3)41-24(39)34-10-8-16(9-11-34)19-13-20(36)31-22-18(14-30-35(19)22)23(38)33-32-21(37)12-15-4-6-17(7-5-15)40-26(27,28)29/h4-7,13-14,16H,8-12H2,1-3H3,(H,31,36)(H,32,37)(H,33,38). The van der Waals surface area contributed by atoms with Crippen LogP contribution in [0.15, 0.2) is 41.3 Å². The number of H-pyrrole nitrogens is 1. The summed E-state index contributed by atoms with van der Waals surface area (Å²) in [6.07, 6.45) is -3.10. The normalized spacial score (nSPS) is 14.5. The van der Waals surface area contributed by atoms with E-state index in [1.165, 1.54) is 28.9 Å². The number of fused-ring (bicyclic) bond motifs is 1. The number of aromatic amines is 1. The number of likely N-dealkylation sites (tertiary alicyclic amines) is 1. The molecule has 2 aromatic heterocycles. The Hall–Kier alpha value is -4.56. The van der Waals surface area contributed by atoms with Crippen molar-refractivity contribution in [3.05, 3.63) is 63.7 Å². The summed E-state index contributed by atoms with van der Waals surface area (Å²) >= 11 is 0. The van der Waals surface area contributed by atoms with Gasteiger partial charge in [0.25, 0.3) is 11.5 Å². The number of aromatic nitrogens is 3. The fourth-order valence-electron chi connectivity index (χ4n) is 4.39. The molecule has 3 heterocycles. The highest BCUT2D eigenvalue weighted by molar-refractivity contribution is 6.00. The Balaban J connectivity index is 1.38. The molecule has 0 spiro atoms. The molecule has 0 radical (unpaired) electrons. The predicted octanol–water partition coefficient (Wildman–Crippen LogP) is 3.04. The minimum absolute atomic E-state index is 0.00379. The molecule has 3 amide bonds. The Morgan fingerprint density at radius 2 is 1.73 bits per heavy atom. The summed E-state index contributed by atoms with van der Waals surface area (Å²) in [4.78, 5) is 54.1. The molecular formula is C26H29F3N6O6. The predicted molar refractivity (Wildman–Crippen MR) is 138 cm³/mol. The Bertz CT molecular complexity index is 1480. The molecule has 4 rings (SSSR count). The number of alkyl halides is 3. The molecule has 1 aliphatic heterocycles. The molecule has 15 heteroatoms. The molecule has 1 saturated heterocycles. The van der Waals surface area contributed by atoms with Crippen LogP contribution in [0.5, 0.6) is 5.75 Å². The number of benzene rings is 1. The SMILES string of the molecule is CC(C)(C)OC(=O)N1CCC(c2cc(=O)[nH]c3c(C(=O)NNC(=O)Cc4ccc(OC(F)(F)F)cc4)cnn23)CC1. The van der Waals surface area contributed by atoms with Crippen LogP contribution in [-0.2, 0) is 16.0 Å². The minimum atomic E-state index is -4.83. The van der Waals surface area contributed by atoms with E-state index in [1.807, 2.05) is 0 Å². The van der Waals surface area contributed by atoms with Crippen LogP contribution in [-0.4, -0.2) is 62.5 Å². The molecule has 220 valence electrons. The number of halogens is 3. The number of carbonyl (C=O) groups is 3. The van der Waals surface area contributed by atoms with Crippen molar-refractivity contribution in [1.82, 2.24) is 30.3 Å². The van der Waals surface area contributed by atoms with Crippen molar-refractivity contribution >= 4 is 23.6 Å². The van der Waals surface area contributed by atoms with Gasteiger partial charge in [0.2, 0.25) is 5.91 Å². The quantitative estimate of drug-likeness (QED) is 0.395. The average Bonchev–Trinajstić information content (AvgIpc) is 3.30. The van der Waals surface area contributed by atoms with E-state index in [1.54, 1.807) is 25.7 Å². The maximum atomic E-state index is 12.8. The van der Waals surface area contributed by atoms with Gasteiger partial charge in [-0.25, -0.2) is 9.31 Å². The van der Waals surface area contributed by atoms with Crippen LogP contribution in [0.4, 0.5) is 18.0 Å². The minimum Gasteiger partial charge on any atom is -0.444 e. The van der Waals surface area contributed by atoms with Crippen molar-refractivity contribution in [1.29, 1.82) is 0 Å². The smallest absolute Gasteiger partial charge is 0.444 e. The van der Waals surface area contributed by atoms with Crippen LogP contribution in [0.2, 0.25) is 0 Å². The molecule has 0 unspecified atom stereocenters. The number of hydrazine groups is 1. The Morgan fingerprint density at radius 1 is 1.07 bits per heavy atom. The van der Waals surface area contributed by atoms with Gasteiger partial charge in [0.1, 0.15) is 22.6 Å². The van der Waals surface area contributed by atoms with Crippen LogP contribution >= 0.6 is 0 Å². The molecule has 41 heavy (non-hydrogen) atoms. The van der Waals surface area contributed by atoms with Gasteiger partial charge in [0.05, 0.1) is 18.3 Å². The Labute approximate surface area is 231 Å². The lowest BCUT2D eigenvalue weighted by Gasteiger charge is -2.33. The highest BCUT2D eigenvalue weighted by atomic mass is 19.4. The van der Waals surface area contributed by atoms with Gasteiger partial charge in [-0.05, 0) is 51.3 Å². The molecule has 0 atom stereocenters. The van der Waals surface area contributed by atoms with Crippen LogP contribution in [0.3, 0.4) is 0 Å². The third-order valence-electron chi connectivity index (χ3n) is 6.18. The van der Waals surface area contributed by atoms with Crippen molar-refractivity contribution in [2.45, 2.75) is 57.9 Å². The Kier molecular flexibility index (Phi) is 8.26. The maximum absolute atomic E-state index is 12.8. The number of nitrogens with zero attached hydrogens (tertiary/aromatic N) is 3. The molecule has 3 N–H and O–H groups in total. The van der Waals surface area contributed by atoms with Gasteiger partial charge in [0, 0.05) is 25.1 Å². The highest BCUT2D eigenvalue weighted by Crippen LogP contribution is 2.29. The second-order valence-electron chi connectivity index (χ2n) is 10.5. The third kappa shape index (κ3) is 7.77. The topological polar surface area (TPSA) is 147 Å². The van der Waals surface area contributed by atoms with E-state index < -0.39 is 41.2 Å². The first-order valence-corrected chi connectivity index (χ1v) is 12.7. The van der Waals surface area contributed by atoms with Crippen molar-refractivity contribution in [3.8, 4) is 5.75 Å². The lowest BCUT2D eigenvalue weighted by molar-refractivity contribution is -0.274. The molecular weight excluding hydrogens is 549 g/mol. The van der Waals surface area contributed by atoms with Crippen molar-refractivity contribution in [2.75, 3.05) is 13.1 Å². The lowest BCUT2D eigenvalue weighted by atomic mass is 9.93. The van der Waals surface area contributed by atoms with E-state index in [9.17, 15) is 32.3 Å². The molecule has 1 aliphatic rings. The molecule has 0 bridgehead atoms. The first kappa shape index (κ1) is 29.4. The van der Waals surface area contributed by atoms with Crippen molar-refractivity contribution in [3.63, 3.8) is 0 Å². The first-order chi connectivity index (χ1) is 19.2. The van der Waals surface area contributed by atoms with Gasteiger partial charge in [-0.15, -0.1) is 13.2 Å². The van der Waals surface area contributed by atoms with E-state index >= 15 is 0 Å². The van der Waals surface area contributed by atoms with Gasteiger partial charge in [-0.3, -0.25) is 25.2 Å². The number of piperidine rings is 1. The maximum Gasteiger partial charge on any atom is 0.573 e. The number of nitrogens with one attached hydrogen (secondary N) is 3. The van der Waals surface area contributed by atoms with Crippen LogP contribution in [0.25, 0.3) is 5.65 Å². The average molecular weight is 579 g/mol. The van der Waals surface area contributed by atoms with Gasteiger partial charge < -0.3 is 19.4 Å². The number of carbonyl (C=O) groups excluding carboxylic acids is 3. The summed E-state index contributed by atoms with van der Waals surface area (Å²) in [5.41, 5.74) is 4.52. The zero-order chi connectivity index (χ0) is 29.9. The summed E-state index contributed by atoms with van der Waals surface area (Å²) in [6.45, 7) is 6.22. The number of amides is 3. The summed E-state index contributed by atoms with van der Waals surface area (Å²) in [7, 11) is 0. The second-order valence-corrected chi connectivity index (χ2v) is 10.5. The first-order valence-electron chi connectivity index (χ1n) is 12.7. The Morgan fingerprint density at radius 3 is 2.34 bits per heavy atom. The number of hydrogen-bond donors (Lipinski definition) is 3. The second kappa shape index (κ2) is 11.5. The third-order valence-corrected chi connectivity index (χ3v) is 6.18. The number of hydrogen-bond acceptors (Lipinski definition) is 7. The van der Waals surface area contributed by atoms with Gasteiger partial charge in [0.15, 0.2) is 0 Å². The van der Waals surface area contributed by atoms with Crippen molar-refractivity contribution in [2.24, 2.45) is 0 Å². The summed E-state index contributed by atoms with van der Waals surface area (Å²) in [5.74, 6) is -1.91. The molecule has 12 nitrogen and oxygen atoms in total. The molecule has 1 aromatic carbocycles. The monoisotopic (exact) mass is 578 g/mol. The van der Waals surface area contributed by atoms with Crippen LogP contribution < -0.4 is 21.1 Å². The number of ether oxygens (including phenoxy) is 2. The zero-order valence-electron chi connectivity index (χ0n) is 22.5. The van der Waals surface area contributed by atoms with E-state index in [0.29, 0.717) is 37.2 Å². The van der Waals surface area contributed by atoms with Gasteiger partial charge in [-0.2, -0.15) is 5.10 Å². The van der Waals surface area contributed by atoms with Crippen LogP contribution in [0.1, 0.15) is 61.1 Å². The van der Waals surface area contributed by atoms with Crippen LogP contribution in [0, 0.1) is 0 Å². The molecule has 3 aromatic rings. The molecule has 0 aliphatic carbocycles. The zero-order valence-corrected chi connectivity index (χ0v) is 22.5. The van der Waals surface area contributed by atoms with Gasteiger partial charge in [-0.1, -0.05) is 12.1 Å². The highest BCUT2D eigenvalue weighted by Gasteiger charge is 2.31. The van der Waals surface area contributed by atoms with E-state index in [4.69, 9.17) is 4.74 Å². The summed E-state index contributed by atoms with van der Waals surface area (Å²) in [5, 5.41) is 4.26. The fraction of sp³-hybridized carbons (Fsp3) is 0.423. The summed E-state index contributed by atoms with van der Waals surface area (Å²) in [6, 6.07) is 6.13. The molecule has 0 saturated carbocycles. The largest absolute Gasteiger partial charge is 0.573 e. The summed E-state index contributed by atoms with van der Waals surface area (Å²) < 4.78 is 47.6. The lowest BCUT2D eigenvalue weighted by Crippen LogP contribution is -2.42. The van der Waals surface area contributed by atoms with E-state index in [0.717, 1.165) is 12.1 Å². The molecule has 1 fully saturated rings. The van der Waals surface area contributed by atoms with Crippen molar-refractivity contribution < 1.29 is 37.0 Å². The number of rotatable bonds is 5. The van der Waals surface area contributed by atoms with E-state index in [2.05, 4.69) is 25.7 Å². The fourth-order valence-corrected chi connectivity index (χ4v) is 4.39.